The van der Waals surface area contributed by atoms with Gasteiger partial charge in [0, 0.05) is 24.0 Å². The van der Waals surface area contributed by atoms with Gasteiger partial charge in [-0.1, -0.05) is 53.5 Å². The molecule has 1 saturated heterocycles. The maximum atomic E-state index is 13.3. The van der Waals surface area contributed by atoms with Crippen LogP contribution in [0.3, 0.4) is 0 Å². The number of hydrogen-bond acceptors (Lipinski definition) is 4. The fourth-order valence-electron chi connectivity index (χ4n) is 3.14. The molecule has 2 aromatic rings. The van der Waals surface area contributed by atoms with Gasteiger partial charge in [-0.05, 0) is 31.5 Å². The SMILES string of the molecule is C[C@@H](C(=O)c1ccccc1)N(C(=O)c1ccc(Cl)c(Cl)c1)N1C(=O)CCCC1=O. The Hall–Kier alpha value is -2.70. The van der Waals surface area contributed by atoms with Crippen LogP contribution >= 0.6 is 23.2 Å². The van der Waals surface area contributed by atoms with Crippen LogP contribution in [-0.2, 0) is 9.59 Å². The van der Waals surface area contributed by atoms with E-state index in [1.165, 1.54) is 25.1 Å². The van der Waals surface area contributed by atoms with Gasteiger partial charge >= 0.3 is 0 Å². The van der Waals surface area contributed by atoms with Gasteiger partial charge in [0.1, 0.15) is 6.04 Å². The minimum Gasteiger partial charge on any atom is -0.292 e. The molecular weight excluding hydrogens is 415 g/mol. The zero-order valence-corrected chi connectivity index (χ0v) is 17.1. The summed E-state index contributed by atoms with van der Waals surface area (Å²) in [7, 11) is 0. The molecule has 0 aromatic heterocycles. The minimum absolute atomic E-state index is 0.110. The minimum atomic E-state index is -1.09. The van der Waals surface area contributed by atoms with E-state index in [4.69, 9.17) is 23.2 Å². The van der Waals surface area contributed by atoms with E-state index in [1.807, 2.05) is 0 Å². The van der Waals surface area contributed by atoms with Crippen LogP contribution in [0.25, 0.3) is 0 Å². The van der Waals surface area contributed by atoms with Crippen molar-refractivity contribution in [3.05, 3.63) is 69.7 Å². The third-order valence-electron chi connectivity index (χ3n) is 4.65. The number of amides is 3. The van der Waals surface area contributed by atoms with Gasteiger partial charge in [-0.25, -0.2) is 5.01 Å². The van der Waals surface area contributed by atoms with Crippen LogP contribution in [0, 0.1) is 0 Å². The lowest BCUT2D eigenvalue weighted by Crippen LogP contribution is -2.59. The van der Waals surface area contributed by atoms with E-state index in [9.17, 15) is 19.2 Å². The molecule has 3 amide bonds. The molecule has 3 rings (SSSR count). The Kier molecular flexibility index (Phi) is 6.35. The van der Waals surface area contributed by atoms with Gasteiger partial charge in [0.05, 0.1) is 10.0 Å². The summed E-state index contributed by atoms with van der Waals surface area (Å²) in [4.78, 5) is 51.3. The summed E-state index contributed by atoms with van der Waals surface area (Å²) in [6.07, 6.45) is 0.635. The molecule has 1 heterocycles. The molecule has 150 valence electrons. The Bertz CT molecular complexity index is 962. The summed E-state index contributed by atoms with van der Waals surface area (Å²) in [6, 6.07) is 11.5. The zero-order chi connectivity index (χ0) is 21.1. The van der Waals surface area contributed by atoms with E-state index in [1.54, 1.807) is 30.3 Å². The predicted octanol–water partition coefficient (Wildman–Crippen LogP) is 4.16. The zero-order valence-electron chi connectivity index (χ0n) is 15.6. The quantitative estimate of drug-likeness (QED) is 0.524. The Labute approximate surface area is 178 Å². The second kappa shape index (κ2) is 8.76. The van der Waals surface area contributed by atoms with Crippen LogP contribution < -0.4 is 0 Å². The van der Waals surface area contributed by atoms with Crippen molar-refractivity contribution in [2.45, 2.75) is 32.2 Å². The Morgan fingerprint density at radius 1 is 0.931 bits per heavy atom. The van der Waals surface area contributed by atoms with Gasteiger partial charge in [-0.15, -0.1) is 0 Å². The smallest absolute Gasteiger partial charge is 0.273 e. The first-order valence-corrected chi connectivity index (χ1v) is 9.80. The van der Waals surface area contributed by atoms with Crippen molar-refractivity contribution in [1.29, 1.82) is 0 Å². The molecule has 0 N–H and O–H groups in total. The van der Waals surface area contributed by atoms with Crippen LogP contribution in [-0.4, -0.2) is 39.6 Å². The van der Waals surface area contributed by atoms with Gasteiger partial charge in [0.25, 0.3) is 5.91 Å². The topological polar surface area (TPSA) is 74.8 Å². The first kappa shape index (κ1) is 21.0. The average Bonchev–Trinajstić information content (AvgIpc) is 2.72. The van der Waals surface area contributed by atoms with E-state index in [2.05, 4.69) is 0 Å². The van der Waals surface area contributed by atoms with E-state index >= 15 is 0 Å². The van der Waals surface area contributed by atoms with Gasteiger partial charge in [-0.3, -0.25) is 19.2 Å². The monoisotopic (exact) mass is 432 g/mol. The molecule has 1 aliphatic rings. The Morgan fingerprint density at radius 3 is 2.14 bits per heavy atom. The standard InChI is InChI=1S/C21H18Cl2N2O4/c1-13(20(28)14-6-3-2-4-7-14)24(25-18(26)8-5-9-19(25)27)21(29)15-10-11-16(22)17(23)12-15/h2-4,6-7,10-13H,5,8-9H2,1H3/t13-/m0/s1. The van der Waals surface area contributed by atoms with Crippen LogP contribution in [0.1, 0.15) is 46.9 Å². The summed E-state index contributed by atoms with van der Waals surface area (Å²) in [5.74, 6) is -2.14. The lowest BCUT2D eigenvalue weighted by atomic mass is 10.0. The lowest BCUT2D eigenvalue weighted by molar-refractivity contribution is -0.165. The van der Waals surface area contributed by atoms with Crippen molar-refractivity contribution in [3.8, 4) is 0 Å². The number of ketones is 1. The van der Waals surface area contributed by atoms with Gasteiger partial charge in [0.15, 0.2) is 5.78 Å². The highest BCUT2D eigenvalue weighted by Gasteiger charge is 2.40. The molecule has 0 spiro atoms. The summed E-state index contributed by atoms with van der Waals surface area (Å²) < 4.78 is 0. The fourth-order valence-corrected chi connectivity index (χ4v) is 3.44. The van der Waals surface area contributed by atoms with Crippen molar-refractivity contribution in [2.24, 2.45) is 0 Å². The molecular formula is C21H18Cl2N2O4. The summed E-state index contributed by atoms with van der Waals surface area (Å²) >= 11 is 11.9. The number of Topliss-reactive ketones (excluding diaryl/α,β-unsaturated/α-hetero) is 1. The second-order valence-electron chi connectivity index (χ2n) is 6.64. The highest BCUT2D eigenvalue weighted by molar-refractivity contribution is 6.42. The number of rotatable bonds is 5. The van der Waals surface area contributed by atoms with Crippen molar-refractivity contribution in [3.63, 3.8) is 0 Å². The first-order valence-electron chi connectivity index (χ1n) is 9.05. The second-order valence-corrected chi connectivity index (χ2v) is 7.45. The molecule has 1 atom stereocenters. The third-order valence-corrected chi connectivity index (χ3v) is 5.39. The number of carbonyl (C=O) groups excluding carboxylic acids is 4. The van der Waals surface area contributed by atoms with E-state index in [0.717, 1.165) is 10.0 Å². The Morgan fingerprint density at radius 2 is 1.55 bits per heavy atom. The number of hydrogen-bond donors (Lipinski definition) is 0. The third kappa shape index (κ3) is 4.33. The largest absolute Gasteiger partial charge is 0.292 e. The molecule has 8 heteroatoms. The van der Waals surface area contributed by atoms with Crippen LogP contribution in [0.5, 0.6) is 0 Å². The number of benzene rings is 2. The summed E-state index contributed by atoms with van der Waals surface area (Å²) in [5.41, 5.74) is 0.474. The summed E-state index contributed by atoms with van der Waals surface area (Å²) in [6.45, 7) is 1.49. The molecule has 2 aromatic carbocycles. The maximum Gasteiger partial charge on any atom is 0.273 e. The predicted molar refractivity (Wildman–Crippen MR) is 109 cm³/mol. The molecule has 0 unspecified atom stereocenters. The number of piperidine rings is 1. The fraction of sp³-hybridized carbons (Fsp3) is 0.238. The summed E-state index contributed by atoms with van der Waals surface area (Å²) in [5, 5.41) is 2.13. The Balaban J connectivity index is 2.04. The number of nitrogens with zero attached hydrogens (tertiary/aromatic N) is 2. The molecule has 1 aliphatic heterocycles. The molecule has 6 nitrogen and oxygen atoms in total. The first-order chi connectivity index (χ1) is 13.8. The van der Waals surface area contributed by atoms with E-state index in [0.29, 0.717) is 12.0 Å². The van der Waals surface area contributed by atoms with Gasteiger partial charge in [0.2, 0.25) is 11.8 Å². The average molecular weight is 433 g/mol. The van der Waals surface area contributed by atoms with Crippen molar-refractivity contribution in [2.75, 3.05) is 0 Å². The number of hydrazine groups is 1. The molecule has 0 bridgehead atoms. The normalized spacial score (nSPS) is 15.2. The van der Waals surface area contributed by atoms with Gasteiger partial charge < -0.3 is 0 Å². The van der Waals surface area contributed by atoms with Crippen molar-refractivity contribution >= 4 is 46.7 Å². The van der Waals surface area contributed by atoms with Crippen molar-refractivity contribution < 1.29 is 19.2 Å². The molecule has 0 saturated carbocycles. The van der Waals surface area contributed by atoms with Crippen LogP contribution in [0.2, 0.25) is 10.0 Å². The molecule has 1 fully saturated rings. The highest BCUT2D eigenvalue weighted by atomic mass is 35.5. The number of halogens is 2. The number of carbonyl (C=O) groups is 4. The molecule has 0 aliphatic carbocycles. The van der Waals surface area contributed by atoms with Gasteiger partial charge in [-0.2, -0.15) is 5.01 Å². The van der Waals surface area contributed by atoms with E-state index < -0.39 is 29.5 Å². The van der Waals surface area contributed by atoms with Crippen LogP contribution in [0.15, 0.2) is 48.5 Å². The maximum absolute atomic E-state index is 13.3. The number of imide groups is 1. The molecule has 0 radical (unpaired) electrons. The highest BCUT2D eigenvalue weighted by Crippen LogP contribution is 2.26. The molecule has 29 heavy (non-hydrogen) atoms. The van der Waals surface area contributed by atoms with E-state index in [-0.39, 0.29) is 28.5 Å². The van der Waals surface area contributed by atoms with Crippen LogP contribution in [0.4, 0.5) is 0 Å². The van der Waals surface area contributed by atoms with Crippen molar-refractivity contribution in [1.82, 2.24) is 10.0 Å². The lowest BCUT2D eigenvalue weighted by Gasteiger charge is -2.38.